The van der Waals surface area contributed by atoms with Crippen LogP contribution >= 0.6 is 12.6 Å². The highest BCUT2D eigenvalue weighted by molar-refractivity contribution is 7.80. The summed E-state index contributed by atoms with van der Waals surface area (Å²) in [5, 5.41) is 6.13. The molecule has 1 aromatic heterocycles. The van der Waals surface area contributed by atoms with E-state index in [0.29, 0.717) is 0 Å². The van der Waals surface area contributed by atoms with Gasteiger partial charge in [-0.25, -0.2) is 9.59 Å². The Labute approximate surface area is 191 Å². The van der Waals surface area contributed by atoms with E-state index in [4.69, 9.17) is 9.47 Å². The molecule has 0 unspecified atom stereocenters. The van der Waals surface area contributed by atoms with E-state index in [1.165, 1.54) is 7.11 Å². The Morgan fingerprint density at radius 1 is 1.00 bits per heavy atom. The van der Waals surface area contributed by atoms with Crippen LogP contribution in [0.25, 0.3) is 10.9 Å². The van der Waals surface area contributed by atoms with E-state index in [1.54, 1.807) is 6.20 Å². The molecule has 3 rings (SSSR count). The fourth-order valence-corrected chi connectivity index (χ4v) is 3.47. The third kappa shape index (κ3) is 6.04. The molecule has 168 valence electrons. The van der Waals surface area contributed by atoms with E-state index in [0.717, 1.165) is 22.0 Å². The highest BCUT2D eigenvalue weighted by Gasteiger charge is 2.28. The molecule has 2 amide bonds. The fraction of sp³-hybridized carbons (Fsp3) is 0.261. The summed E-state index contributed by atoms with van der Waals surface area (Å²) in [6.07, 6.45) is 1.24. The molecule has 3 N–H and O–H groups in total. The van der Waals surface area contributed by atoms with Crippen molar-refractivity contribution in [2.24, 2.45) is 0 Å². The minimum Gasteiger partial charge on any atom is -0.467 e. The van der Waals surface area contributed by atoms with Gasteiger partial charge in [-0.05, 0) is 17.2 Å². The van der Waals surface area contributed by atoms with Crippen molar-refractivity contribution in [3.05, 3.63) is 71.9 Å². The van der Waals surface area contributed by atoms with Crippen LogP contribution in [0, 0.1) is 0 Å². The number of carbonyl (C=O) groups is 3. The smallest absolute Gasteiger partial charge is 0.408 e. The average molecular weight is 456 g/mol. The number of benzene rings is 2. The Morgan fingerprint density at radius 2 is 1.72 bits per heavy atom. The van der Waals surface area contributed by atoms with Crippen molar-refractivity contribution < 1.29 is 23.9 Å². The van der Waals surface area contributed by atoms with Gasteiger partial charge in [-0.1, -0.05) is 48.5 Å². The number of esters is 1. The van der Waals surface area contributed by atoms with Gasteiger partial charge < -0.3 is 25.1 Å². The van der Waals surface area contributed by atoms with Crippen LogP contribution in [0.3, 0.4) is 0 Å². The predicted octanol–water partition coefficient (Wildman–Crippen LogP) is 2.59. The van der Waals surface area contributed by atoms with Crippen LogP contribution in [-0.2, 0) is 32.1 Å². The first-order valence-corrected chi connectivity index (χ1v) is 10.7. The number of aromatic nitrogens is 1. The van der Waals surface area contributed by atoms with Gasteiger partial charge in [-0.2, -0.15) is 12.6 Å². The lowest BCUT2D eigenvalue weighted by atomic mass is 10.0. The zero-order valence-electron chi connectivity index (χ0n) is 17.5. The largest absolute Gasteiger partial charge is 0.467 e. The molecular weight excluding hydrogens is 430 g/mol. The molecule has 0 aliphatic carbocycles. The maximum Gasteiger partial charge on any atom is 0.408 e. The van der Waals surface area contributed by atoms with Gasteiger partial charge in [-0.15, -0.1) is 0 Å². The summed E-state index contributed by atoms with van der Waals surface area (Å²) < 4.78 is 9.97. The Bertz CT molecular complexity index is 1070. The SMILES string of the molecule is COC(=O)[C@H](CS)NC(=O)[C@H](Cc1c[nH]c2ccccc12)NC(=O)OCc1ccccc1. The molecule has 3 aromatic rings. The van der Waals surface area contributed by atoms with Gasteiger partial charge in [0, 0.05) is 29.3 Å². The number of hydrogen-bond donors (Lipinski definition) is 4. The van der Waals surface area contributed by atoms with E-state index >= 15 is 0 Å². The fourth-order valence-electron chi connectivity index (χ4n) is 3.23. The number of hydrogen-bond acceptors (Lipinski definition) is 6. The highest BCUT2D eigenvalue weighted by atomic mass is 32.1. The van der Waals surface area contributed by atoms with Gasteiger partial charge in [0.05, 0.1) is 7.11 Å². The van der Waals surface area contributed by atoms with Crippen LogP contribution in [0.4, 0.5) is 4.79 Å². The van der Waals surface area contributed by atoms with Crippen molar-refractivity contribution in [2.45, 2.75) is 25.1 Å². The third-order valence-electron chi connectivity index (χ3n) is 4.91. The molecule has 2 aromatic carbocycles. The van der Waals surface area contributed by atoms with Crippen molar-refractivity contribution in [1.29, 1.82) is 0 Å². The first kappa shape index (κ1) is 23.2. The van der Waals surface area contributed by atoms with E-state index < -0.39 is 30.1 Å². The zero-order chi connectivity index (χ0) is 22.9. The van der Waals surface area contributed by atoms with Crippen molar-refractivity contribution in [1.82, 2.24) is 15.6 Å². The lowest BCUT2D eigenvalue weighted by Crippen LogP contribution is -2.53. The average Bonchev–Trinajstić information content (AvgIpc) is 3.23. The quantitative estimate of drug-likeness (QED) is 0.293. The lowest BCUT2D eigenvalue weighted by Gasteiger charge is -2.21. The number of carbonyl (C=O) groups excluding carboxylic acids is 3. The number of thiol groups is 1. The molecule has 0 aliphatic rings. The third-order valence-corrected chi connectivity index (χ3v) is 5.27. The van der Waals surface area contributed by atoms with E-state index in [-0.39, 0.29) is 18.8 Å². The summed E-state index contributed by atoms with van der Waals surface area (Å²) in [6, 6.07) is 14.9. The first-order chi connectivity index (χ1) is 15.5. The number of methoxy groups -OCH3 is 1. The summed E-state index contributed by atoms with van der Waals surface area (Å²) in [7, 11) is 1.23. The number of alkyl carbamates (subject to hydrolysis) is 1. The second-order valence-electron chi connectivity index (χ2n) is 7.09. The minimum absolute atomic E-state index is 0.0523. The number of ether oxygens (including phenoxy) is 2. The van der Waals surface area contributed by atoms with E-state index in [1.807, 2.05) is 54.6 Å². The molecule has 0 saturated carbocycles. The van der Waals surface area contributed by atoms with Gasteiger partial charge >= 0.3 is 12.1 Å². The van der Waals surface area contributed by atoms with Crippen LogP contribution in [0.5, 0.6) is 0 Å². The topological polar surface area (TPSA) is 110 Å². The van der Waals surface area contributed by atoms with E-state index in [2.05, 4.69) is 28.2 Å². The molecule has 0 fully saturated rings. The van der Waals surface area contributed by atoms with Gasteiger partial charge in [0.15, 0.2) is 0 Å². The monoisotopic (exact) mass is 455 g/mol. The van der Waals surface area contributed by atoms with Gasteiger partial charge in [0.1, 0.15) is 18.7 Å². The van der Waals surface area contributed by atoms with Crippen molar-refractivity contribution in [3.8, 4) is 0 Å². The molecule has 0 spiro atoms. The second kappa shape index (κ2) is 11.2. The van der Waals surface area contributed by atoms with Gasteiger partial charge in [0.2, 0.25) is 5.91 Å². The summed E-state index contributed by atoms with van der Waals surface area (Å²) in [5.74, 6) is -1.11. The van der Waals surface area contributed by atoms with Crippen LogP contribution < -0.4 is 10.6 Å². The first-order valence-electron chi connectivity index (χ1n) is 10.0. The predicted molar refractivity (Wildman–Crippen MR) is 123 cm³/mol. The van der Waals surface area contributed by atoms with Crippen molar-refractivity contribution in [2.75, 3.05) is 12.9 Å². The zero-order valence-corrected chi connectivity index (χ0v) is 18.4. The Morgan fingerprint density at radius 3 is 2.44 bits per heavy atom. The van der Waals surface area contributed by atoms with Gasteiger partial charge in [0.25, 0.3) is 0 Å². The molecule has 32 heavy (non-hydrogen) atoms. The molecule has 1 heterocycles. The maximum absolute atomic E-state index is 13.0. The molecule has 8 nitrogen and oxygen atoms in total. The lowest BCUT2D eigenvalue weighted by molar-refractivity contribution is -0.144. The standard InChI is InChI=1S/C23H25N3O5S/c1-30-22(28)20(14-32)25-21(27)19(11-16-12-24-18-10-6-5-9-17(16)18)26-23(29)31-13-15-7-3-2-4-8-15/h2-10,12,19-20,24,32H,11,13-14H2,1H3,(H,25,27)(H,26,29)/t19-,20-/m0/s1. The molecule has 0 bridgehead atoms. The number of nitrogens with one attached hydrogen (secondary N) is 3. The molecule has 0 radical (unpaired) electrons. The number of rotatable bonds is 9. The summed E-state index contributed by atoms with van der Waals surface area (Å²) in [5.41, 5.74) is 2.57. The van der Waals surface area contributed by atoms with Crippen LogP contribution in [0.15, 0.2) is 60.8 Å². The normalized spacial score (nSPS) is 12.6. The molecular formula is C23H25N3O5S. The number of fused-ring (bicyclic) bond motifs is 1. The van der Waals surface area contributed by atoms with E-state index in [9.17, 15) is 14.4 Å². The number of aromatic amines is 1. The van der Waals surface area contributed by atoms with Gasteiger partial charge in [-0.3, -0.25) is 4.79 Å². The Kier molecular flexibility index (Phi) is 8.15. The molecule has 9 heteroatoms. The number of H-pyrrole nitrogens is 1. The molecule has 0 saturated heterocycles. The molecule has 2 atom stereocenters. The molecule has 0 aliphatic heterocycles. The second-order valence-corrected chi connectivity index (χ2v) is 7.45. The number of para-hydroxylation sites is 1. The van der Waals surface area contributed by atoms with Crippen LogP contribution in [0.1, 0.15) is 11.1 Å². The summed E-state index contributed by atoms with van der Waals surface area (Å²) in [6.45, 7) is 0.0650. The summed E-state index contributed by atoms with van der Waals surface area (Å²) >= 11 is 4.10. The van der Waals surface area contributed by atoms with Crippen LogP contribution in [0.2, 0.25) is 0 Å². The van der Waals surface area contributed by atoms with Crippen LogP contribution in [-0.4, -0.2) is 47.9 Å². The maximum atomic E-state index is 13.0. The van der Waals surface area contributed by atoms with Crippen molar-refractivity contribution >= 4 is 41.5 Å². The number of amides is 2. The summed E-state index contributed by atoms with van der Waals surface area (Å²) in [4.78, 5) is 40.4. The Hall–Kier alpha value is -3.46. The Balaban J connectivity index is 1.74. The highest BCUT2D eigenvalue weighted by Crippen LogP contribution is 2.19. The van der Waals surface area contributed by atoms with Crippen molar-refractivity contribution in [3.63, 3.8) is 0 Å². The minimum atomic E-state index is -0.982.